The Kier molecular flexibility index (Phi) is 8.07. The van der Waals surface area contributed by atoms with Gasteiger partial charge in [0.1, 0.15) is 0 Å². The molecule has 184 valence electrons. The van der Waals surface area contributed by atoms with Gasteiger partial charge < -0.3 is 20.3 Å². The summed E-state index contributed by atoms with van der Waals surface area (Å²) >= 11 is 0. The van der Waals surface area contributed by atoms with Gasteiger partial charge in [-0.2, -0.15) is 4.31 Å². The molecule has 2 aromatic carbocycles. The van der Waals surface area contributed by atoms with E-state index in [-0.39, 0.29) is 17.3 Å². The maximum absolute atomic E-state index is 13.3. The van der Waals surface area contributed by atoms with Gasteiger partial charge in [-0.15, -0.1) is 0 Å². The van der Waals surface area contributed by atoms with E-state index in [1.54, 1.807) is 16.4 Å². The van der Waals surface area contributed by atoms with E-state index < -0.39 is 10.0 Å². The Morgan fingerprint density at radius 2 is 1.76 bits per heavy atom. The molecule has 0 saturated carbocycles. The molecule has 2 N–H and O–H groups in total. The molecule has 0 aromatic heterocycles. The fraction of sp³-hybridized carbons (Fsp3) is 0.480. The van der Waals surface area contributed by atoms with Crippen LogP contribution in [0.1, 0.15) is 31.7 Å². The number of aryl methyl sites for hydroxylation is 1. The van der Waals surface area contributed by atoms with Crippen LogP contribution < -0.4 is 15.5 Å². The number of nitrogens with one attached hydrogen (secondary N) is 2. The molecule has 2 aliphatic heterocycles. The summed E-state index contributed by atoms with van der Waals surface area (Å²) in [6.07, 6.45) is 3.72. The van der Waals surface area contributed by atoms with E-state index in [0.29, 0.717) is 45.1 Å². The lowest BCUT2D eigenvalue weighted by Gasteiger charge is -2.31. The monoisotopic (exact) mass is 486 g/mol. The number of hydrogen-bond acceptors (Lipinski definition) is 6. The number of ether oxygens (including phenoxy) is 1. The first kappa shape index (κ1) is 24.5. The van der Waals surface area contributed by atoms with Gasteiger partial charge in [-0.1, -0.05) is 25.5 Å². The summed E-state index contributed by atoms with van der Waals surface area (Å²) in [4.78, 5) is 15.1. The molecule has 4 rings (SSSR count). The number of amides is 1. The van der Waals surface area contributed by atoms with E-state index >= 15 is 0 Å². The third-order valence-electron chi connectivity index (χ3n) is 6.33. The molecule has 0 spiro atoms. The number of carbonyl (C=O) groups is 1. The summed E-state index contributed by atoms with van der Waals surface area (Å²) in [6.45, 7) is 5.85. The average Bonchev–Trinajstić information content (AvgIpc) is 2.88. The molecule has 9 heteroatoms. The van der Waals surface area contributed by atoms with Crippen LogP contribution in [0.15, 0.2) is 47.4 Å². The smallest absolute Gasteiger partial charge is 0.243 e. The lowest BCUT2D eigenvalue weighted by atomic mass is 10.1. The molecule has 1 amide bonds. The van der Waals surface area contributed by atoms with Gasteiger partial charge in [0.05, 0.1) is 36.0 Å². The Hall–Kier alpha value is -2.62. The molecule has 2 aromatic rings. The van der Waals surface area contributed by atoms with Crippen LogP contribution in [-0.4, -0.2) is 64.6 Å². The summed E-state index contributed by atoms with van der Waals surface area (Å²) in [5.74, 6) is -0.189. The summed E-state index contributed by atoms with van der Waals surface area (Å²) in [7, 11) is -3.58. The Morgan fingerprint density at radius 1 is 1.00 bits per heavy atom. The van der Waals surface area contributed by atoms with Gasteiger partial charge in [0.15, 0.2) is 0 Å². The van der Waals surface area contributed by atoms with E-state index in [1.807, 2.05) is 30.3 Å². The normalized spacial score (nSPS) is 17.4. The lowest BCUT2D eigenvalue weighted by Crippen LogP contribution is -2.37. The first-order chi connectivity index (χ1) is 16.5. The fourth-order valence-corrected chi connectivity index (χ4v) is 5.95. The zero-order valence-electron chi connectivity index (χ0n) is 19.8. The topological polar surface area (TPSA) is 91.0 Å². The summed E-state index contributed by atoms with van der Waals surface area (Å²) in [5.41, 5.74) is 3.41. The molecule has 2 aliphatic rings. The van der Waals surface area contributed by atoms with E-state index in [1.165, 1.54) is 0 Å². The molecule has 2 fully saturated rings. The number of nitrogens with zero attached hydrogens (tertiary/aromatic N) is 2. The molecule has 8 nitrogen and oxygen atoms in total. The van der Waals surface area contributed by atoms with Gasteiger partial charge >= 0.3 is 0 Å². The highest BCUT2D eigenvalue weighted by Crippen LogP contribution is 2.31. The number of anilines is 3. The van der Waals surface area contributed by atoms with Crippen molar-refractivity contribution in [1.29, 1.82) is 0 Å². The Balaban J connectivity index is 1.53. The lowest BCUT2D eigenvalue weighted by molar-refractivity contribution is -0.114. The molecule has 0 unspecified atom stereocenters. The molecule has 0 bridgehead atoms. The van der Waals surface area contributed by atoms with Crippen molar-refractivity contribution >= 4 is 33.0 Å². The second-order valence-corrected chi connectivity index (χ2v) is 10.6. The van der Waals surface area contributed by atoms with Crippen molar-refractivity contribution < 1.29 is 17.9 Å². The van der Waals surface area contributed by atoms with Gasteiger partial charge in [-0.3, -0.25) is 4.79 Å². The quantitative estimate of drug-likeness (QED) is 0.595. The third-order valence-corrected chi connectivity index (χ3v) is 8.23. The van der Waals surface area contributed by atoms with Gasteiger partial charge in [-0.05, 0) is 55.2 Å². The maximum Gasteiger partial charge on any atom is 0.243 e. The highest BCUT2D eigenvalue weighted by atomic mass is 32.2. The first-order valence-electron chi connectivity index (χ1n) is 12.1. The van der Waals surface area contributed by atoms with Crippen molar-refractivity contribution in [2.24, 2.45) is 0 Å². The molecule has 2 heterocycles. The minimum absolute atomic E-state index is 0.0287. The van der Waals surface area contributed by atoms with Gasteiger partial charge in [0.25, 0.3) is 0 Å². The molecule has 34 heavy (non-hydrogen) atoms. The predicted molar refractivity (Wildman–Crippen MR) is 135 cm³/mol. The summed E-state index contributed by atoms with van der Waals surface area (Å²) < 4.78 is 33.5. The van der Waals surface area contributed by atoms with Crippen molar-refractivity contribution in [3.8, 4) is 0 Å². The number of piperidine rings is 1. The number of rotatable bonds is 8. The Morgan fingerprint density at radius 3 is 2.50 bits per heavy atom. The zero-order chi connectivity index (χ0) is 24.0. The molecule has 0 aliphatic carbocycles. The fourth-order valence-electron chi connectivity index (χ4n) is 4.40. The second kappa shape index (κ2) is 11.2. The predicted octanol–water partition coefficient (Wildman–Crippen LogP) is 3.31. The van der Waals surface area contributed by atoms with Crippen LogP contribution in [0, 0.1) is 0 Å². The van der Waals surface area contributed by atoms with Crippen molar-refractivity contribution in [2.45, 2.75) is 37.5 Å². The van der Waals surface area contributed by atoms with Gasteiger partial charge in [0.2, 0.25) is 15.9 Å². The van der Waals surface area contributed by atoms with E-state index in [2.05, 4.69) is 22.5 Å². The molecule has 0 atom stereocenters. The van der Waals surface area contributed by atoms with Gasteiger partial charge in [0, 0.05) is 31.9 Å². The molecular weight excluding hydrogens is 452 g/mol. The molecular formula is C25H34N4O4S. The van der Waals surface area contributed by atoms with Crippen LogP contribution in [0.25, 0.3) is 0 Å². The van der Waals surface area contributed by atoms with Crippen LogP contribution >= 0.6 is 0 Å². The first-order valence-corrected chi connectivity index (χ1v) is 13.5. The number of carbonyl (C=O) groups excluding carboxylic acids is 1. The number of hydrogen-bond donors (Lipinski definition) is 2. The third kappa shape index (κ3) is 5.89. The number of benzene rings is 2. The Bertz CT molecular complexity index is 1090. The Labute approximate surface area is 202 Å². The van der Waals surface area contributed by atoms with E-state index in [9.17, 15) is 13.2 Å². The van der Waals surface area contributed by atoms with Crippen LogP contribution in [0.4, 0.5) is 17.1 Å². The number of sulfonamides is 1. The van der Waals surface area contributed by atoms with Crippen molar-refractivity contribution in [2.75, 3.05) is 61.5 Å². The van der Waals surface area contributed by atoms with E-state index in [4.69, 9.17) is 4.74 Å². The van der Waals surface area contributed by atoms with Gasteiger partial charge in [-0.25, -0.2) is 8.42 Å². The maximum atomic E-state index is 13.3. The van der Waals surface area contributed by atoms with Crippen LogP contribution in [0.3, 0.4) is 0 Å². The standard InChI is InChI=1S/C25H34N4O4S/c1-2-20-7-6-8-21(17-20)27-25(30)19-26-23-18-22(34(31,32)29-11-4-3-5-12-29)9-10-24(23)28-13-15-33-16-14-28/h6-10,17-18,26H,2-5,11-16,19H2,1H3,(H,27,30). The van der Waals surface area contributed by atoms with Crippen LogP contribution in [0.2, 0.25) is 0 Å². The molecule has 2 saturated heterocycles. The highest BCUT2D eigenvalue weighted by molar-refractivity contribution is 7.89. The minimum Gasteiger partial charge on any atom is -0.378 e. The van der Waals surface area contributed by atoms with Crippen molar-refractivity contribution in [1.82, 2.24) is 4.31 Å². The largest absolute Gasteiger partial charge is 0.378 e. The minimum atomic E-state index is -3.58. The number of morpholine rings is 1. The van der Waals surface area contributed by atoms with Crippen molar-refractivity contribution in [3.63, 3.8) is 0 Å². The van der Waals surface area contributed by atoms with Crippen LogP contribution in [0.5, 0.6) is 0 Å². The summed E-state index contributed by atoms with van der Waals surface area (Å²) in [5, 5.41) is 6.12. The molecule has 0 radical (unpaired) electrons. The van der Waals surface area contributed by atoms with E-state index in [0.717, 1.165) is 42.6 Å². The highest BCUT2D eigenvalue weighted by Gasteiger charge is 2.27. The zero-order valence-corrected chi connectivity index (χ0v) is 20.6. The average molecular weight is 487 g/mol. The second-order valence-electron chi connectivity index (χ2n) is 8.70. The van der Waals surface area contributed by atoms with Crippen LogP contribution in [-0.2, 0) is 26.0 Å². The SMILES string of the molecule is CCc1cccc(NC(=O)CNc2cc(S(=O)(=O)N3CCCCC3)ccc2N2CCOCC2)c1. The summed E-state index contributed by atoms with van der Waals surface area (Å²) in [6, 6.07) is 13.0. The van der Waals surface area contributed by atoms with Crippen molar-refractivity contribution in [3.05, 3.63) is 48.0 Å².